The summed E-state index contributed by atoms with van der Waals surface area (Å²) in [7, 11) is 0. The summed E-state index contributed by atoms with van der Waals surface area (Å²) in [6, 6.07) is 9.17. The third-order valence-electron chi connectivity index (χ3n) is 3.34. The number of nitrogens with one attached hydrogen (secondary N) is 1. The Bertz CT molecular complexity index is 333. The Kier molecular flexibility index (Phi) is 4.84. The van der Waals surface area contributed by atoms with Gasteiger partial charge in [-0.2, -0.15) is 0 Å². The van der Waals surface area contributed by atoms with Crippen LogP contribution in [-0.2, 0) is 4.74 Å². The molecule has 1 atom stereocenters. The smallest absolute Gasteiger partial charge is 0.0480 e. The van der Waals surface area contributed by atoms with Crippen molar-refractivity contribution in [2.24, 2.45) is 0 Å². The number of ether oxygens (including phenoxy) is 1. The predicted octanol–water partition coefficient (Wildman–Crippen LogP) is 3.56. The molecule has 0 saturated carbocycles. The molecule has 1 aromatic carbocycles. The van der Waals surface area contributed by atoms with E-state index in [-0.39, 0.29) is 0 Å². The standard InChI is InChI=1S/C14H20ClNO/c1-2-14(11-3-5-12(15)6-4-11)16-13-7-9-17-10-8-13/h3-6,13-14,16H,2,7-10H2,1H3. The molecule has 1 aliphatic heterocycles. The zero-order valence-corrected chi connectivity index (χ0v) is 11.0. The molecule has 0 spiro atoms. The van der Waals surface area contributed by atoms with Crippen molar-refractivity contribution in [2.75, 3.05) is 13.2 Å². The highest BCUT2D eigenvalue weighted by molar-refractivity contribution is 6.30. The van der Waals surface area contributed by atoms with Crippen molar-refractivity contribution in [1.29, 1.82) is 0 Å². The molecule has 17 heavy (non-hydrogen) atoms. The van der Waals surface area contributed by atoms with Crippen molar-refractivity contribution < 1.29 is 4.74 Å². The first-order chi connectivity index (χ1) is 8.29. The molecule has 2 rings (SSSR count). The highest BCUT2D eigenvalue weighted by Crippen LogP contribution is 2.21. The SMILES string of the molecule is CCC(NC1CCOCC1)c1ccc(Cl)cc1. The molecular formula is C14H20ClNO. The Labute approximate surface area is 108 Å². The number of benzene rings is 1. The molecule has 1 fully saturated rings. The van der Waals surface area contributed by atoms with Crippen molar-refractivity contribution in [3.63, 3.8) is 0 Å². The van der Waals surface area contributed by atoms with Crippen LogP contribution in [-0.4, -0.2) is 19.3 Å². The van der Waals surface area contributed by atoms with Gasteiger partial charge in [0.2, 0.25) is 0 Å². The van der Waals surface area contributed by atoms with Gasteiger partial charge in [0.15, 0.2) is 0 Å². The molecule has 0 aromatic heterocycles. The lowest BCUT2D eigenvalue weighted by atomic mass is 10.0. The van der Waals surface area contributed by atoms with Crippen molar-refractivity contribution in [2.45, 2.75) is 38.3 Å². The third-order valence-corrected chi connectivity index (χ3v) is 3.59. The third kappa shape index (κ3) is 3.70. The molecule has 2 nitrogen and oxygen atoms in total. The maximum Gasteiger partial charge on any atom is 0.0480 e. The number of halogens is 1. The van der Waals surface area contributed by atoms with E-state index in [1.807, 2.05) is 12.1 Å². The first-order valence-corrected chi connectivity index (χ1v) is 6.76. The summed E-state index contributed by atoms with van der Waals surface area (Å²) in [5.74, 6) is 0. The van der Waals surface area contributed by atoms with Crippen LogP contribution in [0.25, 0.3) is 0 Å². The van der Waals surface area contributed by atoms with E-state index in [1.165, 1.54) is 5.56 Å². The molecule has 0 radical (unpaired) electrons. The van der Waals surface area contributed by atoms with Crippen LogP contribution in [0.15, 0.2) is 24.3 Å². The van der Waals surface area contributed by atoms with E-state index in [0.717, 1.165) is 37.5 Å². The molecule has 1 aromatic rings. The quantitative estimate of drug-likeness (QED) is 0.886. The van der Waals surface area contributed by atoms with E-state index in [4.69, 9.17) is 16.3 Å². The highest BCUT2D eigenvalue weighted by Gasteiger charge is 2.18. The van der Waals surface area contributed by atoms with Gasteiger partial charge in [0.05, 0.1) is 0 Å². The van der Waals surface area contributed by atoms with Gasteiger partial charge in [0, 0.05) is 30.3 Å². The second-order valence-corrected chi connectivity index (χ2v) is 5.00. The van der Waals surface area contributed by atoms with Crippen LogP contribution < -0.4 is 5.32 Å². The second-order valence-electron chi connectivity index (χ2n) is 4.57. The molecule has 1 saturated heterocycles. The lowest BCUT2D eigenvalue weighted by Crippen LogP contribution is -2.37. The fourth-order valence-corrected chi connectivity index (χ4v) is 2.42. The van der Waals surface area contributed by atoms with Gasteiger partial charge in [0.25, 0.3) is 0 Å². The summed E-state index contributed by atoms with van der Waals surface area (Å²) in [4.78, 5) is 0. The van der Waals surface area contributed by atoms with E-state index >= 15 is 0 Å². The van der Waals surface area contributed by atoms with Crippen molar-refractivity contribution in [1.82, 2.24) is 5.32 Å². The van der Waals surface area contributed by atoms with Crippen LogP contribution in [0.3, 0.4) is 0 Å². The Hall–Kier alpha value is -0.570. The number of hydrogen-bond acceptors (Lipinski definition) is 2. The second kappa shape index (κ2) is 6.39. The van der Waals surface area contributed by atoms with Gasteiger partial charge in [-0.15, -0.1) is 0 Å². The average molecular weight is 254 g/mol. The molecule has 1 aliphatic rings. The van der Waals surface area contributed by atoms with E-state index in [9.17, 15) is 0 Å². The number of rotatable bonds is 4. The molecule has 1 N–H and O–H groups in total. The Balaban J connectivity index is 1.97. The largest absolute Gasteiger partial charge is 0.381 e. The van der Waals surface area contributed by atoms with Gasteiger partial charge < -0.3 is 10.1 Å². The summed E-state index contributed by atoms with van der Waals surface area (Å²) in [5, 5.41) is 4.52. The van der Waals surface area contributed by atoms with Crippen LogP contribution in [0, 0.1) is 0 Å². The van der Waals surface area contributed by atoms with Gasteiger partial charge in [-0.1, -0.05) is 30.7 Å². The first kappa shape index (κ1) is 12.9. The minimum absolute atomic E-state index is 0.426. The normalized spacial score (nSPS) is 19.2. The average Bonchev–Trinajstić information content (AvgIpc) is 2.38. The van der Waals surface area contributed by atoms with Crippen LogP contribution in [0.1, 0.15) is 37.8 Å². The summed E-state index contributed by atoms with van der Waals surface area (Å²) in [6.45, 7) is 3.98. The number of hydrogen-bond donors (Lipinski definition) is 1. The highest BCUT2D eigenvalue weighted by atomic mass is 35.5. The van der Waals surface area contributed by atoms with E-state index in [0.29, 0.717) is 12.1 Å². The van der Waals surface area contributed by atoms with Gasteiger partial charge in [-0.25, -0.2) is 0 Å². The molecule has 1 heterocycles. The van der Waals surface area contributed by atoms with Crippen LogP contribution in [0.5, 0.6) is 0 Å². The van der Waals surface area contributed by atoms with Crippen molar-refractivity contribution in [3.8, 4) is 0 Å². The topological polar surface area (TPSA) is 21.3 Å². The van der Waals surface area contributed by atoms with Crippen LogP contribution in [0.2, 0.25) is 5.02 Å². The van der Waals surface area contributed by atoms with Crippen LogP contribution in [0.4, 0.5) is 0 Å². The fraction of sp³-hybridized carbons (Fsp3) is 0.571. The van der Waals surface area contributed by atoms with E-state index in [1.54, 1.807) is 0 Å². The molecule has 0 bridgehead atoms. The van der Waals surface area contributed by atoms with Gasteiger partial charge in [-0.3, -0.25) is 0 Å². The fourth-order valence-electron chi connectivity index (χ4n) is 2.29. The summed E-state index contributed by atoms with van der Waals surface area (Å²) >= 11 is 5.91. The molecular weight excluding hydrogens is 234 g/mol. The Morgan fingerprint density at radius 2 is 1.94 bits per heavy atom. The Morgan fingerprint density at radius 3 is 2.53 bits per heavy atom. The zero-order chi connectivity index (χ0) is 12.1. The summed E-state index contributed by atoms with van der Waals surface area (Å²) in [6.07, 6.45) is 3.33. The maximum absolute atomic E-state index is 5.91. The maximum atomic E-state index is 5.91. The summed E-state index contributed by atoms with van der Waals surface area (Å²) < 4.78 is 5.38. The van der Waals surface area contributed by atoms with Crippen LogP contribution >= 0.6 is 11.6 Å². The monoisotopic (exact) mass is 253 g/mol. The van der Waals surface area contributed by atoms with Gasteiger partial charge in [-0.05, 0) is 37.0 Å². The lowest BCUT2D eigenvalue weighted by Gasteiger charge is -2.28. The first-order valence-electron chi connectivity index (χ1n) is 6.39. The molecule has 0 aliphatic carbocycles. The lowest BCUT2D eigenvalue weighted by molar-refractivity contribution is 0.0746. The molecule has 94 valence electrons. The van der Waals surface area contributed by atoms with Gasteiger partial charge >= 0.3 is 0 Å². The molecule has 0 amide bonds. The minimum Gasteiger partial charge on any atom is -0.381 e. The molecule has 3 heteroatoms. The zero-order valence-electron chi connectivity index (χ0n) is 10.3. The predicted molar refractivity (Wildman–Crippen MR) is 71.5 cm³/mol. The van der Waals surface area contributed by atoms with Gasteiger partial charge in [0.1, 0.15) is 0 Å². The Morgan fingerprint density at radius 1 is 1.29 bits per heavy atom. The van der Waals surface area contributed by atoms with Crippen molar-refractivity contribution >= 4 is 11.6 Å². The molecule has 1 unspecified atom stereocenters. The summed E-state index contributed by atoms with van der Waals surface area (Å²) in [5.41, 5.74) is 1.32. The van der Waals surface area contributed by atoms with E-state index in [2.05, 4.69) is 24.4 Å². The van der Waals surface area contributed by atoms with E-state index < -0.39 is 0 Å². The van der Waals surface area contributed by atoms with Crippen molar-refractivity contribution in [3.05, 3.63) is 34.9 Å². The minimum atomic E-state index is 0.426.